The van der Waals surface area contributed by atoms with Crippen molar-refractivity contribution in [2.75, 3.05) is 0 Å². The van der Waals surface area contributed by atoms with E-state index in [4.69, 9.17) is 9.98 Å². The van der Waals surface area contributed by atoms with Crippen molar-refractivity contribution < 1.29 is 20.4 Å². The van der Waals surface area contributed by atoms with Gasteiger partial charge in [-0.1, -0.05) is 257 Å². The van der Waals surface area contributed by atoms with Crippen molar-refractivity contribution in [1.29, 1.82) is 0 Å². The Kier molecular flexibility index (Phi) is 41.1. The zero-order chi connectivity index (χ0) is 42.8. The predicted molar refractivity (Wildman–Crippen MR) is 273 cm³/mol. The number of hydrogen-bond acceptors (Lipinski definition) is 2. The summed E-state index contributed by atoms with van der Waals surface area (Å²) in [6.07, 6.45) is 54.2. The molecule has 0 heterocycles. The number of rotatable bonds is 43. The molecule has 352 valence electrons. The Morgan fingerprint density at radius 1 is 0.279 bits per heavy atom. The molecule has 2 nitrogen and oxygen atoms in total. The van der Waals surface area contributed by atoms with Crippen LogP contribution >= 0.6 is 0 Å². The maximum atomic E-state index is 5.36. The van der Waals surface area contributed by atoms with Crippen molar-refractivity contribution in [3.63, 3.8) is 0 Å². The third kappa shape index (κ3) is 33.6. The Bertz CT molecular complexity index is 1260. The van der Waals surface area contributed by atoms with Gasteiger partial charge in [-0.25, -0.2) is 0 Å². The first kappa shape index (κ1) is 57.5. The van der Waals surface area contributed by atoms with Crippen LogP contribution in [0, 0.1) is 0 Å². The van der Waals surface area contributed by atoms with Gasteiger partial charge in [0.1, 0.15) is 0 Å². The van der Waals surface area contributed by atoms with Gasteiger partial charge in [0, 0.05) is 20.4 Å². The Morgan fingerprint density at radius 3 is 0.787 bits per heavy atom. The van der Waals surface area contributed by atoms with E-state index in [1.807, 2.05) is 0 Å². The minimum atomic E-state index is 0. The van der Waals surface area contributed by atoms with Gasteiger partial charge >= 0.3 is 0 Å². The molecule has 2 aromatic rings. The van der Waals surface area contributed by atoms with Crippen LogP contribution in [0.25, 0.3) is 0 Å². The minimum absolute atomic E-state index is 0. The fraction of sp³-hybridized carbons (Fsp3) is 0.759. The van der Waals surface area contributed by atoms with Crippen LogP contribution in [0.1, 0.15) is 283 Å². The smallest absolute Gasteiger partial charge is 0.0633 e. The third-order valence-corrected chi connectivity index (χ3v) is 12.9. The van der Waals surface area contributed by atoms with Gasteiger partial charge in [0.05, 0.1) is 22.8 Å². The van der Waals surface area contributed by atoms with Crippen molar-refractivity contribution >= 4 is 22.8 Å². The van der Waals surface area contributed by atoms with Crippen molar-refractivity contribution in [2.45, 2.75) is 285 Å². The number of aryl methyl sites for hydroxylation is 2. The first-order valence-corrected chi connectivity index (χ1v) is 27.0. The second-order valence-corrected chi connectivity index (χ2v) is 18.8. The second-order valence-electron chi connectivity index (χ2n) is 18.8. The van der Waals surface area contributed by atoms with Crippen molar-refractivity contribution in [2.24, 2.45) is 9.98 Å². The number of benzene rings is 2. The van der Waals surface area contributed by atoms with E-state index in [0.717, 1.165) is 30.6 Å². The monoisotopic (exact) mass is 931 g/mol. The summed E-state index contributed by atoms with van der Waals surface area (Å²) in [5, 5.41) is 0. The summed E-state index contributed by atoms with van der Waals surface area (Å²) in [6, 6.07) is 18.4. The molecule has 0 saturated heterocycles. The fourth-order valence-corrected chi connectivity index (χ4v) is 8.78. The molecule has 0 radical (unpaired) electrons. The molecule has 3 heteroatoms. The zero-order valence-electron chi connectivity index (χ0n) is 41.1. The van der Waals surface area contributed by atoms with Crippen LogP contribution in [0.4, 0.5) is 11.4 Å². The van der Waals surface area contributed by atoms with Gasteiger partial charge in [0.15, 0.2) is 0 Å². The SMILES string of the molecule is CCCCCCCCCCCCCCCCc1ccc(N=C(CCCC)C(CCCCCCCC)=Nc2ccc(CCCCCCCCCCCCCCCC)cc2)cc1.[Pd]. The molecule has 0 amide bonds. The van der Waals surface area contributed by atoms with Gasteiger partial charge < -0.3 is 0 Å². The maximum Gasteiger partial charge on any atom is 0.0633 e. The summed E-state index contributed by atoms with van der Waals surface area (Å²) in [4.78, 5) is 10.7. The normalized spacial score (nSPS) is 12.0. The van der Waals surface area contributed by atoms with Gasteiger partial charge in [0.25, 0.3) is 0 Å². The van der Waals surface area contributed by atoms with E-state index < -0.39 is 0 Å². The summed E-state index contributed by atoms with van der Waals surface area (Å²) in [5.41, 5.74) is 7.51. The van der Waals surface area contributed by atoms with Gasteiger partial charge in [-0.05, 0) is 86.8 Å². The van der Waals surface area contributed by atoms with Gasteiger partial charge in [-0.3, -0.25) is 9.98 Å². The molecule has 2 rings (SSSR count). The molecular formula is C58H100N2Pd. The van der Waals surface area contributed by atoms with Crippen LogP contribution in [0.2, 0.25) is 0 Å². The molecule has 2 aromatic carbocycles. The van der Waals surface area contributed by atoms with E-state index in [2.05, 4.69) is 76.2 Å². The standard InChI is InChI=1S/C58H100N2.Pd/c1-5-9-13-16-19-21-23-25-27-29-31-33-35-38-41-53-45-49-55(50-46-53)59-57(43-12-8-4)58(44-40-37-18-15-11-7-3)60-56-51-47-54(48-52-56)42-39-36-34-32-30-28-26-24-22-20-17-14-10-6-2;/h45-52H,5-44H2,1-4H3;. The Morgan fingerprint density at radius 2 is 0.508 bits per heavy atom. The summed E-state index contributed by atoms with van der Waals surface area (Å²) >= 11 is 0. The first-order valence-electron chi connectivity index (χ1n) is 27.0. The summed E-state index contributed by atoms with van der Waals surface area (Å²) in [5.74, 6) is 0. The van der Waals surface area contributed by atoms with E-state index in [1.54, 1.807) is 0 Å². The van der Waals surface area contributed by atoms with Crippen LogP contribution in [-0.2, 0) is 33.3 Å². The molecule has 0 spiro atoms. The topological polar surface area (TPSA) is 24.7 Å². The van der Waals surface area contributed by atoms with Crippen molar-refractivity contribution in [3.05, 3.63) is 59.7 Å². The molecule has 0 aromatic heterocycles. The van der Waals surface area contributed by atoms with E-state index in [-0.39, 0.29) is 20.4 Å². The van der Waals surface area contributed by atoms with Crippen LogP contribution in [-0.4, -0.2) is 11.4 Å². The molecular weight excluding hydrogens is 831 g/mol. The quantitative estimate of drug-likeness (QED) is 0.0360. The number of aliphatic imine (C=N–C) groups is 2. The predicted octanol–water partition coefficient (Wildman–Crippen LogP) is 20.5. The molecule has 0 unspecified atom stereocenters. The summed E-state index contributed by atoms with van der Waals surface area (Å²) in [7, 11) is 0. The molecule has 0 N–H and O–H groups in total. The van der Waals surface area contributed by atoms with Crippen LogP contribution in [0.3, 0.4) is 0 Å². The van der Waals surface area contributed by atoms with E-state index >= 15 is 0 Å². The largest absolute Gasteiger partial charge is 0.252 e. The molecule has 0 fully saturated rings. The number of nitrogens with zero attached hydrogens (tertiary/aromatic N) is 2. The minimum Gasteiger partial charge on any atom is -0.252 e. The number of unbranched alkanes of at least 4 members (excludes halogenated alkanes) is 32. The summed E-state index contributed by atoms with van der Waals surface area (Å²) in [6.45, 7) is 9.21. The van der Waals surface area contributed by atoms with Crippen LogP contribution in [0.15, 0.2) is 58.5 Å². The zero-order valence-corrected chi connectivity index (χ0v) is 42.7. The number of hydrogen-bond donors (Lipinski definition) is 0. The molecule has 0 bridgehead atoms. The van der Waals surface area contributed by atoms with E-state index in [9.17, 15) is 0 Å². The van der Waals surface area contributed by atoms with Crippen LogP contribution < -0.4 is 0 Å². The molecule has 0 aliphatic rings. The first-order chi connectivity index (χ1) is 29.7. The third-order valence-electron chi connectivity index (χ3n) is 12.9. The van der Waals surface area contributed by atoms with Gasteiger partial charge in [-0.15, -0.1) is 0 Å². The Hall–Kier alpha value is -1.56. The molecule has 0 aliphatic carbocycles. The average Bonchev–Trinajstić information content (AvgIpc) is 3.27. The Balaban J connectivity index is 0.0000186. The van der Waals surface area contributed by atoms with E-state index in [0.29, 0.717) is 0 Å². The van der Waals surface area contributed by atoms with Gasteiger partial charge in [-0.2, -0.15) is 0 Å². The summed E-state index contributed by atoms with van der Waals surface area (Å²) < 4.78 is 0. The second kappa shape index (κ2) is 43.7. The van der Waals surface area contributed by atoms with Gasteiger partial charge in [0.2, 0.25) is 0 Å². The van der Waals surface area contributed by atoms with Crippen molar-refractivity contribution in [1.82, 2.24) is 0 Å². The fourth-order valence-electron chi connectivity index (χ4n) is 8.78. The van der Waals surface area contributed by atoms with Crippen LogP contribution in [0.5, 0.6) is 0 Å². The van der Waals surface area contributed by atoms with Crippen molar-refractivity contribution in [3.8, 4) is 0 Å². The van der Waals surface area contributed by atoms with E-state index in [1.165, 1.54) is 260 Å². The Labute approximate surface area is 395 Å². The molecule has 0 aliphatic heterocycles. The maximum absolute atomic E-state index is 5.36. The average molecular weight is 932 g/mol. The molecule has 0 atom stereocenters. The molecule has 0 saturated carbocycles. The molecule has 61 heavy (non-hydrogen) atoms.